The van der Waals surface area contributed by atoms with Gasteiger partial charge < -0.3 is 10.6 Å². The van der Waals surface area contributed by atoms with Crippen LogP contribution >= 0.6 is 22.6 Å². The third-order valence-electron chi connectivity index (χ3n) is 3.16. The van der Waals surface area contributed by atoms with E-state index < -0.39 is 0 Å². The van der Waals surface area contributed by atoms with E-state index in [9.17, 15) is 9.59 Å². The molecule has 0 aliphatic heterocycles. The summed E-state index contributed by atoms with van der Waals surface area (Å²) < 4.78 is 0.938. The van der Waals surface area contributed by atoms with Crippen molar-refractivity contribution in [3.8, 4) is 0 Å². The second-order valence-electron chi connectivity index (χ2n) is 4.87. The average Bonchev–Trinajstić information content (AvgIpc) is 2.50. The van der Waals surface area contributed by atoms with Crippen molar-refractivity contribution < 1.29 is 9.59 Å². The molecule has 4 nitrogen and oxygen atoms in total. The van der Waals surface area contributed by atoms with Crippen LogP contribution in [0.1, 0.15) is 29.3 Å². The number of hydrogen-bond donors (Lipinski definition) is 2. The number of benzene rings is 2. The summed E-state index contributed by atoms with van der Waals surface area (Å²) in [5.74, 6) is -0.219. The van der Waals surface area contributed by atoms with Crippen LogP contribution in [0.25, 0.3) is 0 Å². The number of aryl methyl sites for hydroxylation is 1. The molecule has 2 rings (SSSR count). The van der Waals surface area contributed by atoms with Gasteiger partial charge in [0.2, 0.25) is 5.91 Å². The molecule has 114 valence electrons. The number of hydrogen-bond acceptors (Lipinski definition) is 2. The monoisotopic (exact) mass is 408 g/mol. The van der Waals surface area contributed by atoms with Crippen molar-refractivity contribution in [1.82, 2.24) is 0 Å². The lowest BCUT2D eigenvalue weighted by atomic mass is 10.1. The molecule has 2 amide bonds. The van der Waals surface area contributed by atoms with Crippen LogP contribution in [0, 0.1) is 10.5 Å². The molecule has 0 bridgehead atoms. The maximum absolute atomic E-state index is 12.4. The van der Waals surface area contributed by atoms with Gasteiger partial charge in [0.25, 0.3) is 5.91 Å². The predicted octanol–water partition coefficient (Wildman–Crippen LogP) is 4.20. The van der Waals surface area contributed by atoms with E-state index in [0.29, 0.717) is 23.4 Å². The Morgan fingerprint density at radius 1 is 1.05 bits per heavy atom. The number of carbonyl (C=O) groups excluding carboxylic acids is 2. The van der Waals surface area contributed by atoms with Crippen molar-refractivity contribution in [3.05, 3.63) is 57.2 Å². The fourth-order valence-electron chi connectivity index (χ4n) is 1.95. The van der Waals surface area contributed by atoms with Crippen LogP contribution < -0.4 is 10.6 Å². The molecule has 22 heavy (non-hydrogen) atoms. The van der Waals surface area contributed by atoms with Crippen LogP contribution in [-0.4, -0.2) is 11.8 Å². The number of nitrogens with one attached hydrogen (secondary N) is 2. The second-order valence-corrected chi connectivity index (χ2v) is 5.95. The van der Waals surface area contributed by atoms with E-state index in [1.54, 1.807) is 37.3 Å². The molecular weight excluding hydrogens is 391 g/mol. The summed E-state index contributed by atoms with van der Waals surface area (Å²) in [5, 5.41) is 5.64. The third-order valence-corrected chi connectivity index (χ3v) is 4.59. The van der Waals surface area contributed by atoms with Gasteiger partial charge in [-0.1, -0.05) is 25.1 Å². The second kappa shape index (κ2) is 7.40. The summed E-state index contributed by atoms with van der Waals surface area (Å²) >= 11 is 2.17. The lowest BCUT2D eigenvalue weighted by Gasteiger charge is -2.10. The summed E-state index contributed by atoms with van der Waals surface area (Å²) in [6.07, 6.45) is 0.415. The maximum atomic E-state index is 12.4. The van der Waals surface area contributed by atoms with Crippen LogP contribution in [0.2, 0.25) is 0 Å². The van der Waals surface area contributed by atoms with Gasteiger partial charge in [-0.05, 0) is 59.3 Å². The van der Waals surface area contributed by atoms with E-state index in [1.165, 1.54) is 0 Å². The Hall–Kier alpha value is -1.89. The summed E-state index contributed by atoms with van der Waals surface area (Å²) in [5.41, 5.74) is 3.03. The lowest BCUT2D eigenvalue weighted by molar-refractivity contribution is -0.115. The Kier molecular flexibility index (Phi) is 5.54. The fourth-order valence-corrected chi connectivity index (χ4v) is 2.55. The summed E-state index contributed by atoms with van der Waals surface area (Å²) in [6.45, 7) is 3.76. The van der Waals surface area contributed by atoms with Crippen molar-refractivity contribution in [2.75, 3.05) is 10.6 Å². The Bertz CT molecular complexity index is 714. The van der Waals surface area contributed by atoms with Crippen molar-refractivity contribution in [1.29, 1.82) is 0 Å². The largest absolute Gasteiger partial charge is 0.326 e. The minimum Gasteiger partial charge on any atom is -0.326 e. The summed E-state index contributed by atoms with van der Waals surface area (Å²) in [7, 11) is 0. The van der Waals surface area contributed by atoms with E-state index in [1.807, 2.05) is 19.1 Å². The average molecular weight is 408 g/mol. The van der Waals surface area contributed by atoms with Gasteiger partial charge in [0.15, 0.2) is 0 Å². The molecular formula is C17H17IN2O2. The molecule has 0 heterocycles. The zero-order chi connectivity index (χ0) is 16.1. The quantitative estimate of drug-likeness (QED) is 0.746. The van der Waals surface area contributed by atoms with Crippen molar-refractivity contribution in [2.45, 2.75) is 20.3 Å². The van der Waals surface area contributed by atoms with Crippen molar-refractivity contribution in [3.63, 3.8) is 0 Å². The lowest BCUT2D eigenvalue weighted by Crippen LogP contribution is -2.14. The predicted molar refractivity (Wildman–Crippen MR) is 97.2 cm³/mol. The van der Waals surface area contributed by atoms with Gasteiger partial charge >= 0.3 is 0 Å². The van der Waals surface area contributed by atoms with Crippen LogP contribution in [0.15, 0.2) is 42.5 Å². The van der Waals surface area contributed by atoms with Gasteiger partial charge in [-0.15, -0.1) is 0 Å². The smallest absolute Gasteiger partial charge is 0.256 e. The fraction of sp³-hybridized carbons (Fsp3) is 0.176. The van der Waals surface area contributed by atoms with Gasteiger partial charge in [0.1, 0.15) is 0 Å². The molecule has 2 aromatic rings. The number of carbonyl (C=O) groups is 2. The topological polar surface area (TPSA) is 58.2 Å². The van der Waals surface area contributed by atoms with Crippen molar-refractivity contribution in [2.24, 2.45) is 0 Å². The molecule has 0 spiro atoms. The molecule has 0 saturated heterocycles. The molecule has 0 fully saturated rings. The van der Waals surface area contributed by atoms with E-state index in [4.69, 9.17) is 0 Å². The molecule has 2 N–H and O–H groups in total. The van der Waals surface area contributed by atoms with Crippen LogP contribution in [0.3, 0.4) is 0 Å². The molecule has 0 aliphatic rings. The van der Waals surface area contributed by atoms with Crippen LogP contribution in [0.5, 0.6) is 0 Å². The van der Waals surface area contributed by atoms with E-state index in [0.717, 1.165) is 9.13 Å². The van der Waals surface area contributed by atoms with Gasteiger partial charge in [0.05, 0.1) is 5.56 Å². The maximum Gasteiger partial charge on any atom is 0.256 e. The Labute approximate surface area is 143 Å². The molecule has 0 saturated carbocycles. The number of rotatable bonds is 4. The van der Waals surface area contributed by atoms with Crippen LogP contribution in [-0.2, 0) is 4.79 Å². The first-order valence-corrected chi connectivity index (χ1v) is 8.05. The Balaban J connectivity index is 2.16. The Morgan fingerprint density at radius 2 is 1.68 bits per heavy atom. The summed E-state index contributed by atoms with van der Waals surface area (Å²) in [4.78, 5) is 23.8. The first-order chi connectivity index (χ1) is 10.5. The molecule has 0 radical (unpaired) electrons. The number of amides is 2. The highest BCUT2D eigenvalue weighted by Crippen LogP contribution is 2.20. The zero-order valence-electron chi connectivity index (χ0n) is 12.4. The van der Waals surface area contributed by atoms with E-state index in [2.05, 4.69) is 33.2 Å². The molecule has 0 atom stereocenters. The highest BCUT2D eigenvalue weighted by atomic mass is 127. The highest BCUT2D eigenvalue weighted by molar-refractivity contribution is 14.1. The van der Waals surface area contributed by atoms with Gasteiger partial charge in [-0.2, -0.15) is 0 Å². The SMILES string of the molecule is CCC(=O)Nc1cccc(NC(=O)c2cccc(C)c2I)c1. The van der Waals surface area contributed by atoms with Gasteiger partial charge in [0, 0.05) is 21.4 Å². The molecule has 0 unspecified atom stereocenters. The molecule has 0 aliphatic carbocycles. The van der Waals surface area contributed by atoms with Crippen molar-refractivity contribution >= 4 is 45.8 Å². The molecule has 5 heteroatoms. The first-order valence-electron chi connectivity index (χ1n) is 6.97. The minimum atomic E-state index is -0.160. The van der Waals surface area contributed by atoms with Gasteiger partial charge in [-0.25, -0.2) is 0 Å². The van der Waals surface area contributed by atoms with E-state index >= 15 is 0 Å². The minimum absolute atomic E-state index is 0.0586. The standard InChI is InChI=1S/C17H17IN2O2/c1-3-15(21)19-12-7-5-8-13(10-12)20-17(22)14-9-4-6-11(2)16(14)18/h4-10H,3H2,1-2H3,(H,19,21)(H,20,22). The van der Waals surface area contributed by atoms with Crippen LogP contribution in [0.4, 0.5) is 11.4 Å². The Morgan fingerprint density at radius 3 is 2.36 bits per heavy atom. The molecule has 0 aromatic heterocycles. The number of anilines is 2. The van der Waals surface area contributed by atoms with E-state index in [-0.39, 0.29) is 11.8 Å². The molecule has 2 aromatic carbocycles. The first kappa shape index (κ1) is 16.5. The summed E-state index contributed by atoms with van der Waals surface area (Å²) in [6, 6.07) is 12.8. The zero-order valence-corrected chi connectivity index (χ0v) is 14.6. The normalized spacial score (nSPS) is 10.1. The third kappa shape index (κ3) is 4.07. The number of halogens is 1. The van der Waals surface area contributed by atoms with Gasteiger partial charge in [-0.3, -0.25) is 9.59 Å². The highest BCUT2D eigenvalue weighted by Gasteiger charge is 2.11.